The van der Waals surface area contributed by atoms with Gasteiger partial charge in [0.15, 0.2) is 11.6 Å². The predicted octanol–water partition coefficient (Wildman–Crippen LogP) is 2.28. The van der Waals surface area contributed by atoms with Crippen LogP contribution in [0.4, 0.5) is 14.7 Å². The number of methoxy groups -OCH3 is 1. The van der Waals surface area contributed by atoms with Gasteiger partial charge in [0, 0.05) is 7.11 Å². The summed E-state index contributed by atoms with van der Waals surface area (Å²) in [6.45, 7) is 3.94. The lowest BCUT2D eigenvalue weighted by Gasteiger charge is -2.27. The molecule has 1 heterocycles. The van der Waals surface area contributed by atoms with Gasteiger partial charge in [-0.05, 0) is 26.0 Å². The molecule has 18 heavy (non-hydrogen) atoms. The number of benzene rings is 1. The minimum Gasteiger partial charge on any atom is -0.382 e. The summed E-state index contributed by atoms with van der Waals surface area (Å²) in [7, 11) is 1.54. The molecule has 2 rings (SSSR count). The molecule has 0 aliphatic heterocycles. The Morgan fingerprint density at radius 3 is 2.67 bits per heavy atom. The molecule has 0 fully saturated rings. The van der Waals surface area contributed by atoms with Crippen LogP contribution in [0.5, 0.6) is 0 Å². The summed E-state index contributed by atoms with van der Waals surface area (Å²) < 4.78 is 33.8. The molecule has 0 unspecified atom stereocenters. The maximum absolute atomic E-state index is 13.9. The Bertz CT molecular complexity index is 593. The van der Waals surface area contributed by atoms with Gasteiger partial charge in [-0.1, -0.05) is 0 Å². The molecule has 2 aromatic rings. The van der Waals surface area contributed by atoms with Crippen molar-refractivity contribution in [3.63, 3.8) is 0 Å². The summed E-state index contributed by atoms with van der Waals surface area (Å²) in [5.41, 5.74) is 5.57. The van der Waals surface area contributed by atoms with Crippen LogP contribution in [-0.4, -0.2) is 23.3 Å². The SMILES string of the molecule is COCC(C)(C)n1c(N)nc2ccc(F)c(F)c21. The van der Waals surface area contributed by atoms with Crippen molar-refractivity contribution in [2.24, 2.45) is 0 Å². The van der Waals surface area contributed by atoms with E-state index in [9.17, 15) is 8.78 Å². The van der Waals surface area contributed by atoms with Crippen molar-refractivity contribution in [1.29, 1.82) is 0 Å². The first kappa shape index (κ1) is 12.8. The fourth-order valence-electron chi connectivity index (χ4n) is 2.15. The third-order valence-electron chi connectivity index (χ3n) is 2.84. The van der Waals surface area contributed by atoms with E-state index in [4.69, 9.17) is 10.5 Å². The highest BCUT2D eigenvalue weighted by molar-refractivity contribution is 5.79. The molecule has 1 aromatic carbocycles. The lowest BCUT2D eigenvalue weighted by Crippen LogP contribution is -2.32. The van der Waals surface area contributed by atoms with Crippen LogP contribution < -0.4 is 5.73 Å². The quantitative estimate of drug-likeness (QED) is 0.915. The normalized spacial score (nSPS) is 12.3. The molecule has 0 saturated carbocycles. The summed E-state index contributed by atoms with van der Waals surface area (Å²) in [6, 6.07) is 2.45. The number of halogens is 2. The maximum Gasteiger partial charge on any atom is 0.201 e. The Morgan fingerprint density at radius 2 is 2.06 bits per heavy atom. The van der Waals surface area contributed by atoms with Crippen molar-refractivity contribution >= 4 is 17.0 Å². The van der Waals surface area contributed by atoms with Gasteiger partial charge < -0.3 is 10.5 Å². The lowest BCUT2D eigenvalue weighted by atomic mass is 10.1. The highest BCUT2D eigenvalue weighted by Crippen LogP contribution is 2.29. The molecule has 1 aromatic heterocycles. The minimum absolute atomic E-state index is 0.0644. The second-order valence-corrected chi connectivity index (χ2v) is 4.78. The van der Waals surface area contributed by atoms with Crippen molar-refractivity contribution in [2.75, 3.05) is 19.5 Å². The molecule has 0 atom stereocenters. The molecule has 0 spiro atoms. The van der Waals surface area contributed by atoms with Crippen molar-refractivity contribution in [2.45, 2.75) is 19.4 Å². The van der Waals surface area contributed by atoms with Crippen molar-refractivity contribution in [3.05, 3.63) is 23.8 Å². The Morgan fingerprint density at radius 1 is 1.39 bits per heavy atom. The van der Waals surface area contributed by atoms with E-state index in [1.165, 1.54) is 17.7 Å². The van der Waals surface area contributed by atoms with Gasteiger partial charge in [-0.15, -0.1) is 0 Å². The molecule has 0 aliphatic rings. The zero-order valence-corrected chi connectivity index (χ0v) is 10.5. The molecule has 0 radical (unpaired) electrons. The van der Waals surface area contributed by atoms with E-state index in [1.807, 2.05) is 13.8 Å². The highest BCUT2D eigenvalue weighted by Gasteiger charge is 2.27. The van der Waals surface area contributed by atoms with Crippen LogP contribution >= 0.6 is 0 Å². The molecule has 98 valence electrons. The minimum atomic E-state index is -0.944. The number of anilines is 1. The van der Waals surface area contributed by atoms with E-state index < -0.39 is 17.2 Å². The summed E-state index contributed by atoms with van der Waals surface area (Å²) in [4.78, 5) is 4.04. The van der Waals surface area contributed by atoms with Crippen molar-refractivity contribution in [3.8, 4) is 0 Å². The number of rotatable bonds is 3. The number of fused-ring (bicyclic) bond motifs is 1. The molecule has 2 N–H and O–H groups in total. The molecular weight excluding hydrogens is 240 g/mol. The summed E-state index contributed by atoms with van der Waals surface area (Å²) in [5.74, 6) is -1.73. The van der Waals surface area contributed by atoms with Gasteiger partial charge in [0.2, 0.25) is 5.95 Å². The van der Waals surface area contributed by atoms with E-state index >= 15 is 0 Å². The highest BCUT2D eigenvalue weighted by atomic mass is 19.2. The largest absolute Gasteiger partial charge is 0.382 e. The van der Waals surface area contributed by atoms with Gasteiger partial charge in [-0.25, -0.2) is 13.8 Å². The maximum atomic E-state index is 13.9. The van der Waals surface area contributed by atoms with E-state index in [2.05, 4.69) is 4.98 Å². The lowest BCUT2D eigenvalue weighted by molar-refractivity contribution is 0.113. The average Bonchev–Trinajstić information content (AvgIpc) is 2.61. The van der Waals surface area contributed by atoms with Crippen LogP contribution in [0.1, 0.15) is 13.8 Å². The average molecular weight is 255 g/mol. The van der Waals surface area contributed by atoms with Crippen LogP contribution in [0, 0.1) is 11.6 Å². The standard InChI is InChI=1S/C12H15F2N3O/c1-12(2,6-18-3)17-10-8(16-11(17)15)5-4-7(13)9(10)14/h4-5H,6H2,1-3H3,(H2,15,16). The molecule has 0 amide bonds. The first-order valence-electron chi connectivity index (χ1n) is 5.50. The van der Waals surface area contributed by atoms with Crippen LogP contribution in [0.15, 0.2) is 12.1 Å². The monoisotopic (exact) mass is 255 g/mol. The number of nitrogens with two attached hydrogens (primary N) is 1. The zero-order chi connectivity index (χ0) is 13.5. The zero-order valence-electron chi connectivity index (χ0n) is 10.5. The number of nitrogens with zero attached hydrogens (tertiary/aromatic N) is 2. The van der Waals surface area contributed by atoms with Crippen LogP contribution in [0.25, 0.3) is 11.0 Å². The number of ether oxygens (including phenoxy) is 1. The summed E-state index contributed by atoms with van der Waals surface area (Å²) >= 11 is 0. The van der Waals surface area contributed by atoms with Gasteiger partial charge in [-0.2, -0.15) is 0 Å². The van der Waals surface area contributed by atoms with Gasteiger partial charge in [0.1, 0.15) is 5.52 Å². The second kappa shape index (κ2) is 4.20. The number of hydrogen-bond donors (Lipinski definition) is 1. The van der Waals surface area contributed by atoms with Crippen molar-refractivity contribution in [1.82, 2.24) is 9.55 Å². The van der Waals surface area contributed by atoms with E-state index in [0.29, 0.717) is 12.1 Å². The second-order valence-electron chi connectivity index (χ2n) is 4.78. The smallest absolute Gasteiger partial charge is 0.201 e. The number of nitrogen functional groups attached to an aromatic ring is 1. The number of hydrogen-bond acceptors (Lipinski definition) is 3. The Kier molecular flexibility index (Phi) is 2.98. The van der Waals surface area contributed by atoms with Crippen LogP contribution in [0.2, 0.25) is 0 Å². The van der Waals surface area contributed by atoms with E-state index in [1.54, 1.807) is 0 Å². The van der Waals surface area contributed by atoms with Gasteiger partial charge >= 0.3 is 0 Å². The molecule has 4 nitrogen and oxygen atoms in total. The summed E-state index contributed by atoms with van der Waals surface area (Å²) in [6.07, 6.45) is 0. The van der Waals surface area contributed by atoms with Gasteiger partial charge in [0.25, 0.3) is 0 Å². The number of imidazole rings is 1. The number of aromatic nitrogens is 2. The topological polar surface area (TPSA) is 53.1 Å². The molecule has 0 bridgehead atoms. The molecule has 0 aliphatic carbocycles. The van der Waals surface area contributed by atoms with Gasteiger partial charge in [-0.3, -0.25) is 4.57 Å². The Balaban J connectivity index is 2.77. The van der Waals surface area contributed by atoms with Crippen LogP contribution in [-0.2, 0) is 10.3 Å². The van der Waals surface area contributed by atoms with Gasteiger partial charge in [0.05, 0.1) is 17.7 Å². The Hall–Kier alpha value is -1.69. The van der Waals surface area contributed by atoms with Crippen LogP contribution in [0.3, 0.4) is 0 Å². The Labute approximate surface area is 103 Å². The summed E-state index contributed by atoms with van der Waals surface area (Å²) in [5, 5.41) is 0. The predicted molar refractivity (Wildman–Crippen MR) is 65.3 cm³/mol. The first-order chi connectivity index (χ1) is 8.38. The van der Waals surface area contributed by atoms with Crippen molar-refractivity contribution < 1.29 is 13.5 Å². The third kappa shape index (κ3) is 1.82. The molecule has 6 heteroatoms. The third-order valence-corrected chi connectivity index (χ3v) is 2.84. The molecular formula is C12H15F2N3O. The van der Waals surface area contributed by atoms with E-state index in [0.717, 1.165) is 6.07 Å². The first-order valence-corrected chi connectivity index (χ1v) is 5.50. The molecule has 0 saturated heterocycles. The fourth-order valence-corrected chi connectivity index (χ4v) is 2.15. The fraction of sp³-hybridized carbons (Fsp3) is 0.417. The van der Waals surface area contributed by atoms with E-state index in [-0.39, 0.29) is 11.5 Å².